The van der Waals surface area contributed by atoms with Crippen molar-refractivity contribution in [1.82, 2.24) is 0 Å². The van der Waals surface area contributed by atoms with Crippen LogP contribution in [0.1, 0.15) is 26.2 Å². The van der Waals surface area contributed by atoms with Crippen LogP contribution >= 0.6 is 23.2 Å². The molecule has 78 valence electrons. The van der Waals surface area contributed by atoms with Gasteiger partial charge in [0.1, 0.15) is 0 Å². The maximum atomic E-state index is 5.88. The van der Waals surface area contributed by atoms with Crippen molar-refractivity contribution in [2.24, 2.45) is 0 Å². The van der Waals surface area contributed by atoms with Gasteiger partial charge in [-0.1, -0.05) is 43.0 Å². The van der Waals surface area contributed by atoms with Crippen molar-refractivity contribution in [3.63, 3.8) is 0 Å². The molecule has 0 atom stereocenters. The predicted octanol–water partition coefficient (Wildman–Crippen LogP) is 4.60. The largest absolute Gasteiger partial charge is 0.385 e. The number of anilines is 1. The Bertz CT molecular complexity index is 287. The van der Waals surface area contributed by atoms with Gasteiger partial charge in [-0.15, -0.1) is 0 Å². The molecule has 0 unspecified atom stereocenters. The monoisotopic (exact) mass is 231 g/mol. The number of unbranched alkanes of at least 4 members (excludes halogenated alkanes) is 2. The van der Waals surface area contributed by atoms with Gasteiger partial charge in [-0.25, -0.2) is 0 Å². The molecule has 14 heavy (non-hydrogen) atoms. The van der Waals surface area contributed by atoms with Crippen molar-refractivity contribution < 1.29 is 0 Å². The van der Waals surface area contributed by atoms with Gasteiger partial charge in [0.2, 0.25) is 0 Å². The standard InChI is InChI=1S/C11H15Cl2N/c1-2-3-4-7-14-9-5-6-10(12)11(13)8-9/h5-6,8,14H,2-4,7H2,1H3. The van der Waals surface area contributed by atoms with Crippen molar-refractivity contribution in [1.29, 1.82) is 0 Å². The number of hydrogen-bond acceptors (Lipinski definition) is 1. The van der Waals surface area contributed by atoms with E-state index in [1.54, 1.807) is 0 Å². The number of nitrogens with one attached hydrogen (secondary N) is 1. The Kier molecular flexibility index (Phi) is 5.13. The molecule has 0 aromatic heterocycles. The van der Waals surface area contributed by atoms with E-state index in [0.717, 1.165) is 12.2 Å². The summed E-state index contributed by atoms with van der Waals surface area (Å²) in [4.78, 5) is 0. The molecule has 1 N–H and O–H groups in total. The van der Waals surface area contributed by atoms with Crippen LogP contribution in [0, 0.1) is 0 Å². The average Bonchev–Trinajstić information content (AvgIpc) is 2.18. The number of benzene rings is 1. The second kappa shape index (κ2) is 6.15. The summed E-state index contributed by atoms with van der Waals surface area (Å²) in [5.74, 6) is 0. The summed E-state index contributed by atoms with van der Waals surface area (Å²) in [5.41, 5.74) is 1.04. The SMILES string of the molecule is CCCCCNc1ccc(Cl)c(Cl)c1. The second-order valence-electron chi connectivity index (χ2n) is 3.26. The van der Waals surface area contributed by atoms with Gasteiger partial charge in [0.25, 0.3) is 0 Å². The highest BCUT2D eigenvalue weighted by atomic mass is 35.5. The third-order valence-corrected chi connectivity index (χ3v) is 2.77. The molecule has 0 amide bonds. The molecule has 0 spiro atoms. The third-order valence-electron chi connectivity index (χ3n) is 2.03. The minimum Gasteiger partial charge on any atom is -0.385 e. The first-order valence-corrected chi connectivity index (χ1v) is 5.68. The summed E-state index contributed by atoms with van der Waals surface area (Å²) in [5, 5.41) is 4.51. The summed E-state index contributed by atoms with van der Waals surface area (Å²) < 4.78 is 0. The molecule has 0 aliphatic rings. The molecule has 0 heterocycles. The highest BCUT2D eigenvalue weighted by molar-refractivity contribution is 6.42. The number of hydrogen-bond donors (Lipinski definition) is 1. The molecular formula is C11H15Cl2N. The minimum atomic E-state index is 0.603. The van der Waals surface area contributed by atoms with E-state index in [0.29, 0.717) is 10.0 Å². The maximum Gasteiger partial charge on any atom is 0.0612 e. The van der Waals surface area contributed by atoms with Crippen LogP contribution in [0.4, 0.5) is 5.69 Å². The van der Waals surface area contributed by atoms with Crippen LogP contribution < -0.4 is 5.32 Å². The van der Waals surface area contributed by atoms with Gasteiger partial charge in [-0.3, -0.25) is 0 Å². The topological polar surface area (TPSA) is 12.0 Å². The summed E-state index contributed by atoms with van der Waals surface area (Å²) >= 11 is 11.7. The Balaban J connectivity index is 2.39. The van der Waals surface area contributed by atoms with E-state index in [2.05, 4.69) is 12.2 Å². The first-order chi connectivity index (χ1) is 6.74. The second-order valence-corrected chi connectivity index (χ2v) is 4.08. The van der Waals surface area contributed by atoms with Crippen LogP contribution in [0.15, 0.2) is 18.2 Å². The molecule has 0 saturated carbocycles. The highest BCUT2D eigenvalue weighted by Crippen LogP contribution is 2.24. The van der Waals surface area contributed by atoms with Gasteiger partial charge < -0.3 is 5.32 Å². The van der Waals surface area contributed by atoms with E-state index in [4.69, 9.17) is 23.2 Å². The van der Waals surface area contributed by atoms with E-state index in [1.807, 2.05) is 18.2 Å². The summed E-state index contributed by atoms with van der Waals surface area (Å²) in [6.45, 7) is 3.19. The van der Waals surface area contributed by atoms with Crippen LogP contribution in [-0.2, 0) is 0 Å². The van der Waals surface area contributed by atoms with Crippen LogP contribution in [-0.4, -0.2) is 6.54 Å². The van der Waals surface area contributed by atoms with Crippen molar-refractivity contribution in [2.75, 3.05) is 11.9 Å². The Morgan fingerprint density at radius 3 is 2.57 bits per heavy atom. The molecule has 3 heteroatoms. The lowest BCUT2D eigenvalue weighted by Gasteiger charge is -2.06. The first-order valence-electron chi connectivity index (χ1n) is 4.93. The van der Waals surface area contributed by atoms with Gasteiger partial charge in [0.15, 0.2) is 0 Å². The van der Waals surface area contributed by atoms with Gasteiger partial charge in [0.05, 0.1) is 10.0 Å². The normalized spacial score (nSPS) is 10.2. The molecule has 0 aliphatic heterocycles. The van der Waals surface area contributed by atoms with Gasteiger partial charge >= 0.3 is 0 Å². The molecule has 0 bridgehead atoms. The molecule has 0 fully saturated rings. The Morgan fingerprint density at radius 2 is 1.93 bits per heavy atom. The number of halogens is 2. The van der Waals surface area contributed by atoms with Gasteiger partial charge in [-0.05, 0) is 24.6 Å². The predicted molar refractivity (Wildman–Crippen MR) is 64.5 cm³/mol. The van der Waals surface area contributed by atoms with Crippen LogP contribution in [0.25, 0.3) is 0 Å². The zero-order valence-corrected chi connectivity index (χ0v) is 9.83. The zero-order chi connectivity index (χ0) is 10.4. The zero-order valence-electron chi connectivity index (χ0n) is 8.32. The van der Waals surface area contributed by atoms with Crippen molar-refractivity contribution in [3.05, 3.63) is 28.2 Å². The molecule has 1 aromatic rings. The molecule has 1 nitrogen and oxygen atoms in total. The van der Waals surface area contributed by atoms with E-state index in [1.165, 1.54) is 19.3 Å². The van der Waals surface area contributed by atoms with Crippen molar-refractivity contribution in [2.45, 2.75) is 26.2 Å². The third kappa shape index (κ3) is 3.77. The molecule has 1 aromatic carbocycles. The Labute approximate surface area is 95.4 Å². The maximum absolute atomic E-state index is 5.88. The van der Waals surface area contributed by atoms with Gasteiger partial charge in [-0.2, -0.15) is 0 Å². The van der Waals surface area contributed by atoms with Crippen LogP contribution in [0.2, 0.25) is 10.0 Å². The quantitative estimate of drug-likeness (QED) is 0.731. The van der Waals surface area contributed by atoms with E-state index in [-0.39, 0.29) is 0 Å². The molecule has 0 aliphatic carbocycles. The fourth-order valence-electron chi connectivity index (χ4n) is 1.21. The van der Waals surface area contributed by atoms with Crippen LogP contribution in [0.5, 0.6) is 0 Å². The lowest BCUT2D eigenvalue weighted by Crippen LogP contribution is -2.00. The van der Waals surface area contributed by atoms with E-state index >= 15 is 0 Å². The average molecular weight is 232 g/mol. The molecule has 1 rings (SSSR count). The lowest BCUT2D eigenvalue weighted by atomic mass is 10.2. The fourth-order valence-corrected chi connectivity index (χ4v) is 1.51. The lowest BCUT2D eigenvalue weighted by molar-refractivity contribution is 0.744. The first kappa shape index (κ1) is 11.7. The Morgan fingerprint density at radius 1 is 1.14 bits per heavy atom. The van der Waals surface area contributed by atoms with Crippen molar-refractivity contribution in [3.8, 4) is 0 Å². The van der Waals surface area contributed by atoms with E-state index < -0.39 is 0 Å². The highest BCUT2D eigenvalue weighted by Gasteiger charge is 1.98. The van der Waals surface area contributed by atoms with Gasteiger partial charge in [0, 0.05) is 12.2 Å². The molecule has 0 radical (unpaired) electrons. The summed E-state index contributed by atoms with van der Waals surface area (Å²) in [6.07, 6.45) is 3.69. The smallest absolute Gasteiger partial charge is 0.0612 e. The van der Waals surface area contributed by atoms with E-state index in [9.17, 15) is 0 Å². The fraction of sp³-hybridized carbons (Fsp3) is 0.455. The van der Waals surface area contributed by atoms with Crippen LogP contribution in [0.3, 0.4) is 0 Å². The summed E-state index contributed by atoms with van der Waals surface area (Å²) in [6, 6.07) is 5.61. The molecular weight excluding hydrogens is 217 g/mol. The Hall–Kier alpha value is -0.400. The minimum absolute atomic E-state index is 0.603. The molecule has 0 saturated heterocycles. The summed E-state index contributed by atoms with van der Waals surface area (Å²) in [7, 11) is 0. The number of rotatable bonds is 5. The van der Waals surface area contributed by atoms with Crippen molar-refractivity contribution >= 4 is 28.9 Å².